The molecule has 0 aromatic carbocycles. The molecule has 0 aromatic rings. The number of hydrogen-bond acceptors (Lipinski definition) is 5. The van der Waals surface area contributed by atoms with Crippen molar-refractivity contribution in [2.24, 2.45) is 5.16 Å². The molecular weight excluding hydrogens is 210 g/mol. The Morgan fingerprint density at radius 3 is 2.69 bits per heavy atom. The predicted octanol–water partition coefficient (Wildman–Crippen LogP) is -0.391. The smallest absolute Gasteiger partial charge is 0.254 e. The molecule has 0 bridgehead atoms. The SMILES string of the molecule is CN(C)C(=O)C1=CN(C)C(O)(C=NO)C=C1. The summed E-state index contributed by atoms with van der Waals surface area (Å²) < 4.78 is 0. The first-order chi connectivity index (χ1) is 7.40. The van der Waals surface area contributed by atoms with Crippen molar-refractivity contribution in [3.63, 3.8) is 0 Å². The van der Waals surface area contributed by atoms with E-state index in [-0.39, 0.29) is 5.91 Å². The summed E-state index contributed by atoms with van der Waals surface area (Å²) in [6.07, 6.45) is 5.33. The molecule has 1 unspecified atom stereocenters. The zero-order valence-electron chi connectivity index (χ0n) is 9.45. The van der Waals surface area contributed by atoms with Crippen LogP contribution in [0.5, 0.6) is 0 Å². The molecule has 0 spiro atoms. The van der Waals surface area contributed by atoms with Gasteiger partial charge in [0.05, 0.1) is 5.57 Å². The highest BCUT2D eigenvalue weighted by molar-refractivity contribution is 5.96. The highest BCUT2D eigenvalue weighted by atomic mass is 16.4. The largest absolute Gasteiger partial charge is 0.411 e. The summed E-state index contributed by atoms with van der Waals surface area (Å²) in [5, 5.41) is 21.2. The standard InChI is InChI=1S/C10H15N3O3/c1-12(2)9(14)8-4-5-10(15,7-11-16)13(3)6-8/h4-7,15-16H,1-3H3. The summed E-state index contributed by atoms with van der Waals surface area (Å²) in [5.74, 6) is -0.161. The summed E-state index contributed by atoms with van der Waals surface area (Å²) in [6, 6.07) is 0. The first-order valence-corrected chi connectivity index (χ1v) is 4.67. The molecule has 0 radical (unpaired) electrons. The Labute approximate surface area is 93.8 Å². The normalized spacial score (nSPS) is 24.8. The molecule has 1 atom stereocenters. The Balaban J connectivity index is 2.94. The molecule has 1 aliphatic heterocycles. The number of rotatable bonds is 2. The molecule has 1 aliphatic rings. The quantitative estimate of drug-likeness (QED) is 0.381. The van der Waals surface area contributed by atoms with Gasteiger partial charge in [-0.2, -0.15) is 0 Å². The van der Waals surface area contributed by atoms with Crippen molar-refractivity contribution >= 4 is 12.1 Å². The number of hydrogen-bond donors (Lipinski definition) is 2. The van der Waals surface area contributed by atoms with E-state index in [2.05, 4.69) is 5.16 Å². The van der Waals surface area contributed by atoms with Crippen LogP contribution in [0.25, 0.3) is 0 Å². The molecule has 6 heteroatoms. The molecule has 0 aliphatic carbocycles. The molecule has 2 N–H and O–H groups in total. The third kappa shape index (κ3) is 2.22. The fourth-order valence-electron chi connectivity index (χ4n) is 1.29. The van der Waals surface area contributed by atoms with E-state index in [0.717, 1.165) is 6.21 Å². The second-order valence-electron chi connectivity index (χ2n) is 3.76. The number of likely N-dealkylation sites (N-methyl/N-ethyl adjacent to an activating group) is 2. The minimum absolute atomic E-state index is 0.161. The van der Waals surface area contributed by atoms with Crippen molar-refractivity contribution in [1.29, 1.82) is 0 Å². The number of carbonyl (C=O) groups is 1. The van der Waals surface area contributed by atoms with Gasteiger partial charge in [-0.3, -0.25) is 4.79 Å². The fourth-order valence-corrected chi connectivity index (χ4v) is 1.29. The minimum atomic E-state index is -1.50. The molecular formula is C10H15N3O3. The van der Waals surface area contributed by atoms with E-state index in [1.165, 1.54) is 28.2 Å². The first-order valence-electron chi connectivity index (χ1n) is 4.67. The van der Waals surface area contributed by atoms with Crippen LogP contribution >= 0.6 is 0 Å². The van der Waals surface area contributed by atoms with Gasteiger partial charge in [0, 0.05) is 27.3 Å². The molecule has 0 saturated heterocycles. The summed E-state index contributed by atoms with van der Waals surface area (Å²) in [4.78, 5) is 14.4. The lowest BCUT2D eigenvalue weighted by Gasteiger charge is -2.33. The number of carbonyl (C=O) groups excluding carboxylic acids is 1. The molecule has 6 nitrogen and oxygen atoms in total. The average molecular weight is 225 g/mol. The van der Waals surface area contributed by atoms with Crippen LogP contribution in [-0.4, -0.2) is 59.1 Å². The van der Waals surface area contributed by atoms with Crippen LogP contribution in [0.2, 0.25) is 0 Å². The minimum Gasteiger partial charge on any atom is -0.411 e. The average Bonchev–Trinajstić information content (AvgIpc) is 2.21. The predicted molar refractivity (Wildman–Crippen MR) is 58.9 cm³/mol. The molecule has 0 fully saturated rings. The van der Waals surface area contributed by atoms with Gasteiger partial charge >= 0.3 is 0 Å². The summed E-state index contributed by atoms with van der Waals surface area (Å²) in [5.41, 5.74) is -1.05. The van der Waals surface area contributed by atoms with Gasteiger partial charge < -0.3 is 20.1 Å². The van der Waals surface area contributed by atoms with E-state index in [1.807, 2.05) is 0 Å². The van der Waals surface area contributed by atoms with E-state index in [1.54, 1.807) is 21.1 Å². The van der Waals surface area contributed by atoms with Gasteiger partial charge in [-0.15, -0.1) is 0 Å². The maximum Gasteiger partial charge on any atom is 0.254 e. The fraction of sp³-hybridized carbons (Fsp3) is 0.400. The zero-order chi connectivity index (χ0) is 12.3. The Morgan fingerprint density at radius 2 is 2.25 bits per heavy atom. The van der Waals surface area contributed by atoms with Crippen molar-refractivity contribution in [3.05, 3.63) is 23.9 Å². The molecule has 88 valence electrons. The van der Waals surface area contributed by atoms with Crippen LogP contribution in [0.4, 0.5) is 0 Å². The van der Waals surface area contributed by atoms with Crippen molar-refractivity contribution in [2.45, 2.75) is 5.72 Å². The Bertz CT molecular complexity index is 374. The van der Waals surface area contributed by atoms with Crippen molar-refractivity contribution < 1.29 is 15.1 Å². The van der Waals surface area contributed by atoms with Gasteiger partial charge in [0.25, 0.3) is 5.91 Å². The van der Waals surface area contributed by atoms with Crippen LogP contribution in [0.3, 0.4) is 0 Å². The lowest BCUT2D eigenvalue weighted by atomic mass is 10.1. The topological polar surface area (TPSA) is 76.4 Å². The summed E-state index contributed by atoms with van der Waals surface area (Å²) in [6.45, 7) is 0. The Kier molecular flexibility index (Phi) is 3.34. The van der Waals surface area contributed by atoms with Crippen molar-refractivity contribution in [1.82, 2.24) is 9.80 Å². The van der Waals surface area contributed by atoms with Crippen molar-refractivity contribution in [2.75, 3.05) is 21.1 Å². The maximum atomic E-state index is 11.6. The number of oxime groups is 1. The van der Waals surface area contributed by atoms with Gasteiger partial charge in [0.1, 0.15) is 6.21 Å². The van der Waals surface area contributed by atoms with Gasteiger partial charge in [-0.05, 0) is 12.2 Å². The second kappa shape index (κ2) is 4.36. The molecule has 1 heterocycles. The summed E-state index contributed by atoms with van der Waals surface area (Å²) in [7, 11) is 4.87. The van der Waals surface area contributed by atoms with Crippen LogP contribution < -0.4 is 0 Å². The van der Waals surface area contributed by atoms with Crippen LogP contribution in [0.1, 0.15) is 0 Å². The Hall–Kier alpha value is -1.82. The Morgan fingerprint density at radius 1 is 1.62 bits per heavy atom. The highest BCUT2D eigenvalue weighted by Crippen LogP contribution is 2.19. The molecule has 1 amide bonds. The third-order valence-corrected chi connectivity index (χ3v) is 2.31. The van der Waals surface area contributed by atoms with E-state index >= 15 is 0 Å². The monoisotopic (exact) mass is 225 g/mol. The first kappa shape index (κ1) is 12.3. The summed E-state index contributed by atoms with van der Waals surface area (Å²) >= 11 is 0. The lowest BCUT2D eigenvalue weighted by Crippen LogP contribution is -2.45. The van der Waals surface area contributed by atoms with Gasteiger partial charge in [0.15, 0.2) is 5.72 Å². The molecule has 0 aromatic heterocycles. The lowest BCUT2D eigenvalue weighted by molar-refractivity contribution is -0.124. The molecule has 0 saturated carbocycles. The van der Waals surface area contributed by atoms with Crippen LogP contribution in [0, 0.1) is 0 Å². The molecule has 16 heavy (non-hydrogen) atoms. The van der Waals surface area contributed by atoms with Crippen molar-refractivity contribution in [3.8, 4) is 0 Å². The van der Waals surface area contributed by atoms with E-state index in [4.69, 9.17) is 5.21 Å². The van der Waals surface area contributed by atoms with Gasteiger partial charge in [-0.25, -0.2) is 0 Å². The van der Waals surface area contributed by atoms with Crippen LogP contribution in [-0.2, 0) is 4.79 Å². The molecule has 1 rings (SSSR count). The second-order valence-corrected chi connectivity index (χ2v) is 3.76. The number of aliphatic hydroxyl groups is 1. The van der Waals surface area contributed by atoms with Gasteiger partial charge in [-0.1, -0.05) is 5.16 Å². The van der Waals surface area contributed by atoms with E-state index in [0.29, 0.717) is 5.57 Å². The maximum absolute atomic E-state index is 11.6. The third-order valence-electron chi connectivity index (χ3n) is 2.31. The van der Waals surface area contributed by atoms with E-state index < -0.39 is 5.72 Å². The zero-order valence-corrected chi connectivity index (χ0v) is 9.45. The number of amides is 1. The number of nitrogens with zero attached hydrogens (tertiary/aromatic N) is 3. The van der Waals surface area contributed by atoms with E-state index in [9.17, 15) is 9.90 Å². The highest BCUT2D eigenvalue weighted by Gasteiger charge is 2.29. The van der Waals surface area contributed by atoms with Gasteiger partial charge in [0.2, 0.25) is 0 Å². The van der Waals surface area contributed by atoms with Crippen LogP contribution in [0.15, 0.2) is 29.1 Å².